The summed E-state index contributed by atoms with van der Waals surface area (Å²) in [7, 11) is -3.61. The fourth-order valence-corrected chi connectivity index (χ4v) is 4.54. The molecule has 0 unspecified atom stereocenters. The van der Waals surface area contributed by atoms with E-state index in [1.807, 2.05) is 0 Å². The molecule has 0 saturated heterocycles. The first kappa shape index (κ1) is 29.1. The van der Waals surface area contributed by atoms with E-state index in [4.69, 9.17) is 27.8 Å². The van der Waals surface area contributed by atoms with Crippen molar-refractivity contribution in [1.82, 2.24) is 10.5 Å². The highest BCUT2D eigenvalue weighted by molar-refractivity contribution is 9.08. The molecule has 1 heterocycles. The SMILES string of the molecule is CCOC(=O)C(Cc1c(OCP(=O)(OCC)OCC)noc1CBr)(NC(C)=O)C(=O)OCC. The molecule has 0 radical (unpaired) electrons. The van der Waals surface area contributed by atoms with E-state index in [0.717, 1.165) is 6.92 Å². The molecular weight excluding hydrogens is 527 g/mol. The monoisotopic (exact) mass is 556 g/mol. The number of hydrogen-bond donors (Lipinski definition) is 1. The number of rotatable bonds is 15. The van der Waals surface area contributed by atoms with Crippen molar-refractivity contribution < 1.29 is 46.7 Å². The average Bonchev–Trinajstić information content (AvgIpc) is 3.13. The first-order valence-corrected chi connectivity index (χ1v) is 13.1. The maximum atomic E-state index is 12.9. The maximum absolute atomic E-state index is 12.9. The molecule has 0 saturated carbocycles. The van der Waals surface area contributed by atoms with Crippen LogP contribution in [-0.4, -0.2) is 61.3 Å². The summed E-state index contributed by atoms with van der Waals surface area (Å²) in [6.45, 7) is 7.69. The van der Waals surface area contributed by atoms with E-state index in [1.165, 1.54) is 0 Å². The summed E-state index contributed by atoms with van der Waals surface area (Å²) >= 11 is 3.24. The van der Waals surface area contributed by atoms with Gasteiger partial charge in [-0.1, -0.05) is 15.9 Å². The number of carbonyl (C=O) groups is 3. The summed E-state index contributed by atoms with van der Waals surface area (Å²) in [5.41, 5.74) is -2.08. The van der Waals surface area contributed by atoms with Crippen LogP contribution in [-0.2, 0) is 49.2 Å². The number of aromatic nitrogens is 1. The lowest BCUT2D eigenvalue weighted by molar-refractivity contribution is -0.168. The van der Waals surface area contributed by atoms with Crippen LogP contribution in [0.5, 0.6) is 5.88 Å². The van der Waals surface area contributed by atoms with Crippen molar-refractivity contribution in [2.45, 2.75) is 51.9 Å². The van der Waals surface area contributed by atoms with Gasteiger partial charge in [0.1, 0.15) is 0 Å². The van der Waals surface area contributed by atoms with Gasteiger partial charge in [-0.2, -0.15) is 0 Å². The lowest BCUT2D eigenvalue weighted by Gasteiger charge is -2.29. The third kappa shape index (κ3) is 7.80. The number of nitrogens with one attached hydrogen (secondary N) is 1. The third-order valence-corrected chi connectivity index (χ3v) is 6.30. The van der Waals surface area contributed by atoms with Crippen molar-refractivity contribution in [3.05, 3.63) is 11.3 Å². The van der Waals surface area contributed by atoms with Crippen LogP contribution in [0.4, 0.5) is 0 Å². The number of halogens is 1. The van der Waals surface area contributed by atoms with Crippen LogP contribution < -0.4 is 10.1 Å². The zero-order valence-corrected chi connectivity index (χ0v) is 21.8. The van der Waals surface area contributed by atoms with Gasteiger partial charge in [0.25, 0.3) is 5.88 Å². The van der Waals surface area contributed by atoms with Crippen LogP contribution >= 0.6 is 23.5 Å². The van der Waals surface area contributed by atoms with Crippen LogP contribution in [0.1, 0.15) is 45.9 Å². The van der Waals surface area contributed by atoms with Gasteiger partial charge < -0.3 is 33.1 Å². The molecular formula is C19H30BrN2O10P. The molecule has 12 nitrogen and oxygen atoms in total. The van der Waals surface area contributed by atoms with Crippen LogP contribution in [0.25, 0.3) is 0 Å². The van der Waals surface area contributed by atoms with Crippen LogP contribution in [0.2, 0.25) is 0 Å². The number of carbonyl (C=O) groups excluding carboxylic acids is 3. The summed E-state index contributed by atoms with van der Waals surface area (Å²) in [5, 5.41) is 6.30. The number of esters is 2. The molecule has 1 aromatic heterocycles. The van der Waals surface area contributed by atoms with Crippen LogP contribution in [0, 0.1) is 0 Å². The molecule has 1 N–H and O–H groups in total. The molecule has 1 aromatic rings. The number of amides is 1. The van der Waals surface area contributed by atoms with Crippen molar-refractivity contribution in [1.29, 1.82) is 0 Å². The predicted molar refractivity (Wildman–Crippen MR) is 119 cm³/mol. The number of ether oxygens (including phenoxy) is 3. The van der Waals surface area contributed by atoms with Crippen LogP contribution in [0.15, 0.2) is 4.52 Å². The largest absolute Gasteiger partial charge is 0.464 e. The Kier molecular flexibility index (Phi) is 12.1. The number of hydrogen-bond acceptors (Lipinski definition) is 11. The second kappa shape index (κ2) is 13.7. The predicted octanol–water partition coefficient (Wildman–Crippen LogP) is 2.72. The molecule has 0 aliphatic carbocycles. The minimum Gasteiger partial charge on any atom is -0.464 e. The molecule has 0 atom stereocenters. The Morgan fingerprint density at radius 2 is 1.58 bits per heavy atom. The van der Waals surface area contributed by atoms with Crippen molar-refractivity contribution >= 4 is 41.4 Å². The van der Waals surface area contributed by atoms with E-state index in [-0.39, 0.29) is 49.0 Å². The summed E-state index contributed by atoms with van der Waals surface area (Å²) in [4.78, 5) is 37.8. The van der Waals surface area contributed by atoms with E-state index >= 15 is 0 Å². The van der Waals surface area contributed by atoms with Gasteiger partial charge in [-0.3, -0.25) is 9.36 Å². The normalized spacial score (nSPS) is 11.7. The Balaban J connectivity index is 3.45. The zero-order valence-electron chi connectivity index (χ0n) is 19.3. The molecule has 0 spiro atoms. The molecule has 0 aromatic carbocycles. The van der Waals surface area contributed by atoms with E-state index in [0.29, 0.717) is 0 Å². The molecule has 33 heavy (non-hydrogen) atoms. The Morgan fingerprint density at radius 1 is 1.03 bits per heavy atom. The molecule has 1 amide bonds. The molecule has 0 aliphatic heterocycles. The molecule has 14 heteroatoms. The quantitative estimate of drug-likeness (QED) is 0.147. The Hall–Kier alpha value is -1.95. The van der Waals surface area contributed by atoms with E-state index in [2.05, 4.69) is 26.4 Å². The van der Waals surface area contributed by atoms with Gasteiger partial charge in [-0.15, -0.1) is 0 Å². The lowest BCUT2D eigenvalue weighted by atomic mass is 9.90. The maximum Gasteiger partial charge on any atom is 0.367 e. The van der Waals surface area contributed by atoms with E-state index < -0.39 is 43.7 Å². The van der Waals surface area contributed by atoms with Gasteiger partial charge in [0.2, 0.25) is 11.4 Å². The first-order chi connectivity index (χ1) is 15.6. The topological polar surface area (TPSA) is 152 Å². The highest BCUT2D eigenvalue weighted by atomic mass is 79.9. The standard InChI is InChI=1S/C19H30BrN2O10P/c1-6-27-17(24)19(21-13(5)23,18(25)28-7-2)10-14-15(11-20)32-22-16(14)29-12-33(26,30-8-3)31-9-4/h6-12H2,1-5H3,(H,21,23). The van der Waals surface area contributed by atoms with Crippen molar-refractivity contribution in [3.63, 3.8) is 0 Å². The highest BCUT2D eigenvalue weighted by Crippen LogP contribution is 2.48. The molecule has 0 bridgehead atoms. The number of nitrogens with zero attached hydrogens (tertiary/aromatic N) is 1. The van der Waals surface area contributed by atoms with Crippen LogP contribution in [0.3, 0.4) is 0 Å². The summed E-state index contributed by atoms with van der Waals surface area (Å²) in [6.07, 6.45) is -0.959. The second-order valence-electron chi connectivity index (χ2n) is 6.45. The fraction of sp³-hybridized carbons (Fsp3) is 0.684. The van der Waals surface area contributed by atoms with Crippen molar-refractivity contribution in [2.75, 3.05) is 32.8 Å². The summed E-state index contributed by atoms with van der Waals surface area (Å²) in [6, 6.07) is 0. The molecule has 1 rings (SSSR count). The smallest absolute Gasteiger partial charge is 0.367 e. The van der Waals surface area contributed by atoms with Gasteiger partial charge in [0.15, 0.2) is 12.1 Å². The Labute approximate surface area is 200 Å². The lowest BCUT2D eigenvalue weighted by Crippen LogP contribution is -2.62. The van der Waals surface area contributed by atoms with E-state index in [9.17, 15) is 18.9 Å². The van der Waals surface area contributed by atoms with Gasteiger partial charge in [0, 0.05) is 13.3 Å². The second-order valence-corrected chi connectivity index (χ2v) is 9.00. The first-order valence-electron chi connectivity index (χ1n) is 10.3. The summed E-state index contributed by atoms with van der Waals surface area (Å²) < 4.78 is 44.1. The fourth-order valence-electron chi connectivity index (χ4n) is 2.81. The minimum atomic E-state index is -3.61. The Bertz CT molecular complexity index is 832. The summed E-state index contributed by atoms with van der Waals surface area (Å²) in [5.74, 6) is -2.68. The van der Waals surface area contributed by atoms with Gasteiger partial charge >= 0.3 is 19.5 Å². The molecule has 188 valence electrons. The van der Waals surface area contributed by atoms with Gasteiger partial charge in [-0.25, -0.2) is 9.59 Å². The van der Waals surface area contributed by atoms with Crippen molar-refractivity contribution in [3.8, 4) is 5.88 Å². The minimum absolute atomic E-state index is 0.0518. The van der Waals surface area contributed by atoms with Gasteiger partial charge in [0.05, 0.1) is 37.3 Å². The number of alkyl halides is 1. The molecule has 0 fully saturated rings. The molecule has 0 aliphatic rings. The average molecular weight is 557 g/mol. The highest BCUT2D eigenvalue weighted by Gasteiger charge is 2.51. The zero-order chi connectivity index (χ0) is 25.1. The third-order valence-electron chi connectivity index (χ3n) is 4.04. The Morgan fingerprint density at radius 3 is 2.00 bits per heavy atom. The van der Waals surface area contributed by atoms with E-state index in [1.54, 1.807) is 27.7 Å². The van der Waals surface area contributed by atoms with Crippen molar-refractivity contribution in [2.24, 2.45) is 0 Å². The van der Waals surface area contributed by atoms with Gasteiger partial charge in [-0.05, 0) is 32.9 Å².